The van der Waals surface area contributed by atoms with Gasteiger partial charge in [-0.25, -0.2) is 8.78 Å². The molecule has 0 spiro atoms. The van der Waals surface area contributed by atoms with E-state index in [1.54, 1.807) is 0 Å². The molecule has 0 bridgehead atoms. The van der Waals surface area contributed by atoms with Crippen molar-refractivity contribution >= 4 is 5.97 Å². The summed E-state index contributed by atoms with van der Waals surface area (Å²) in [6.07, 6.45) is 0.541. The van der Waals surface area contributed by atoms with Gasteiger partial charge in [-0.1, -0.05) is 6.07 Å². The summed E-state index contributed by atoms with van der Waals surface area (Å²) in [5, 5.41) is 9.06. The first-order chi connectivity index (χ1) is 8.03. The molecule has 0 atom stereocenters. The van der Waals surface area contributed by atoms with Crippen LogP contribution in [0, 0.1) is 11.6 Å². The van der Waals surface area contributed by atoms with Crippen LogP contribution in [0.2, 0.25) is 0 Å². The van der Waals surface area contributed by atoms with Crippen molar-refractivity contribution < 1.29 is 23.4 Å². The summed E-state index contributed by atoms with van der Waals surface area (Å²) < 4.78 is 32.4. The van der Waals surface area contributed by atoms with Crippen LogP contribution in [-0.4, -0.2) is 18.2 Å². The normalized spacial score (nSPS) is 16.9. The molecular formula is C12H12F2O3. The smallest absolute Gasteiger partial charge is 0.314 e. The molecule has 0 heterocycles. The predicted molar refractivity (Wildman–Crippen MR) is 55.6 cm³/mol. The number of aliphatic carboxylic acids is 1. The van der Waals surface area contributed by atoms with Crippen molar-refractivity contribution in [3.8, 4) is 0 Å². The van der Waals surface area contributed by atoms with Gasteiger partial charge < -0.3 is 9.84 Å². The minimum atomic E-state index is -1.38. The number of carboxylic acids is 1. The van der Waals surface area contributed by atoms with Crippen LogP contribution in [0.3, 0.4) is 0 Å². The minimum Gasteiger partial charge on any atom is -0.481 e. The maximum atomic E-state index is 14.0. The average molecular weight is 242 g/mol. The van der Waals surface area contributed by atoms with Gasteiger partial charge in [0.2, 0.25) is 0 Å². The van der Waals surface area contributed by atoms with Gasteiger partial charge in [-0.3, -0.25) is 4.79 Å². The molecule has 5 heteroatoms. The third-order valence-electron chi connectivity index (χ3n) is 3.11. The molecule has 0 amide bonds. The van der Waals surface area contributed by atoms with Crippen molar-refractivity contribution in [3.63, 3.8) is 0 Å². The first-order valence-electron chi connectivity index (χ1n) is 5.22. The summed E-state index contributed by atoms with van der Waals surface area (Å²) in [4.78, 5) is 11.1. The predicted octanol–water partition coefficient (Wildman–Crippen LogP) is 2.23. The first-order valence-corrected chi connectivity index (χ1v) is 5.22. The molecule has 1 saturated carbocycles. The summed E-state index contributed by atoms with van der Waals surface area (Å²) in [7, 11) is 1.40. The summed E-state index contributed by atoms with van der Waals surface area (Å²) in [6.45, 7) is -0.00515. The van der Waals surface area contributed by atoms with E-state index in [0.29, 0.717) is 0 Å². The second-order valence-electron chi connectivity index (χ2n) is 4.22. The standard InChI is InChI=1S/C12H12F2O3/c1-17-6-7-2-3-8(13)9(10(7)14)12(4-5-12)11(15)16/h2-3H,4-6H2,1H3,(H,15,16). The fourth-order valence-corrected chi connectivity index (χ4v) is 2.00. The number of carboxylic acid groups (broad SMARTS) is 1. The van der Waals surface area contributed by atoms with Crippen molar-refractivity contribution in [2.45, 2.75) is 24.9 Å². The number of rotatable bonds is 4. The molecule has 3 nitrogen and oxygen atoms in total. The number of halogens is 2. The highest BCUT2D eigenvalue weighted by Crippen LogP contribution is 2.50. The topological polar surface area (TPSA) is 46.5 Å². The average Bonchev–Trinajstić information content (AvgIpc) is 3.04. The zero-order valence-corrected chi connectivity index (χ0v) is 9.30. The molecule has 17 heavy (non-hydrogen) atoms. The molecule has 1 N–H and O–H groups in total. The number of ether oxygens (including phenoxy) is 1. The number of methoxy groups -OCH3 is 1. The summed E-state index contributed by atoms with van der Waals surface area (Å²) in [6, 6.07) is 2.37. The van der Waals surface area contributed by atoms with E-state index in [-0.39, 0.29) is 30.6 Å². The van der Waals surface area contributed by atoms with Crippen molar-refractivity contribution in [1.82, 2.24) is 0 Å². The highest BCUT2D eigenvalue weighted by Gasteiger charge is 2.55. The molecule has 0 unspecified atom stereocenters. The van der Waals surface area contributed by atoms with E-state index in [9.17, 15) is 13.6 Å². The maximum Gasteiger partial charge on any atom is 0.314 e. The van der Waals surface area contributed by atoms with Gasteiger partial charge in [0.05, 0.1) is 12.0 Å². The van der Waals surface area contributed by atoms with Gasteiger partial charge in [-0.05, 0) is 18.9 Å². The van der Waals surface area contributed by atoms with Crippen LogP contribution in [0.4, 0.5) is 8.78 Å². The number of hydrogen-bond acceptors (Lipinski definition) is 2. The molecule has 0 aliphatic heterocycles. The second kappa shape index (κ2) is 4.07. The molecular weight excluding hydrogens is 230 g/mol. The molecule has 92 valence electrons. The van der Waals surface area contributed by atoms with Gasteiger partial charge in [0.25, 0.3) is 0 Å². The highest BCUT2D eigenvalue weighted by molar-refractivity contribution is 5.85. The summed E-state index contributed by atoms with van der Waals surface area (Å²) >= 11 is 0. The van der Waals surface area contributed by atoms with Gasteiger partial charge in [0.1, 0.15) is 11.6 Å². The van der Waals surface area contributed by atoms with Gasteiger partial charge in [-0.2, -0.15) is 0 Å². The SMILES string of the molecule is COCc1ccc(F)c(C2(C(=O)O)CC2)c1F. The Morgan fingerprint density at radius 2 is 2.12 bits per heavy atom. The fraction of sp³-hybridized carbons (Fsp3) is 0.417. The van der Waals surface area contributed by atoms with E-state index in [1.165, 1.54) is 13.2 Å². The van der Waals surface area contributed by atoms with Crippen LogP contribution in [0.25, 0.3) is 0 Å². The molecule has 1 fully saturated rings. The molecule has 0 saturated heterocycles. The highest BCUT2D eigenvalue weighted by atomic mass is 19.1. The van der Waals surface area contributed by atoms with E-state index < -0.39 is 23.0 Å². The lowest BCUT2D eigenvalue weighted by Gasteiger charge is -2.14. The number of carbonyl (C=O) groups is 1. The maximum absolute atomic E-state index is 14.0. The van der Waals surface area contributed by atoms with Crippen molar-refractivity contribution in [2.75, 3.05) is 7.11 Å². The summed E-state index contributed by atoms with van der Waals surface area (Å²) in [5.41, 5.74) is -1.53. The largest absolute Gasteiger partial charge is 0.481 e. The Kier molecular flexibility index (Phi) is 2.87. The molecule has 1 aliphatic carbocycles. The van der Waals surface area contributed by atoms with E-state index in [4.69, 9.17) is 9.84 Å². The van der Waals surface area contributed by atoms with Crippen LogP contribution in [0.5, 0.6) is 0 Å². The Bertz CT molecular complexity index is 467. The Morgan fingerprint density at radius 3 is 2.59 bits per heavy atom. The lowest BCUT2D eigenvalue weighted by atomic mass is 9.93. The van der Waals surface area contributed by atoms with Crippen LogP contribution >= 0.6 is 0 Å². The second-order valence-corrected chi connectivity index (χ2v) is 4.22. The molecule has 1 aliphatic rings. The Balaban J connectivity index is 2.53. The van der Waals surface area contributed by atoms with E-state index in [0.717, 1.165) is 6.07 Å². The van der Waals surface area contributed by atoms with E-state index in [2.05, 4.69) is 0 Å². The zero-order chi connectivity index (χ0) is 12.6. The Morgan fingerprint density at radius 1 is 1.47 bits per heavy atom. The third kappa shape index (κ3) is 1.80. The molecule has 1 aromatic rings. The minimum absolute atomic E-state index is 0.00515. The summed E-state index contributed by atoms with van der Waals surface area (Å²) in [5.74, 6) is -2.78. The lowest BCUT2D eigenvalue weighted by molar-refractivity contribution is -0.140. The monoisotopic (exact) mass is 242 g/mol. The molecule has 0 radical (unpaired) electrons. The third-order valence-corrected chi connectivity index (χ3v) is 3.11. The molecule has 0 aromatic heterocycles. The van der Waals surface area contributed by atoms with E-state index in [1.807, 2.05) is 0 Å². The van der Waals surface area contributed by atoms with Crippen LogP contribution in [0.15, 0.2) is 12.1 Å². The van der Waals surface area contributed by atoms with E-state index >= 15 is 0 Å². The fourth-order valence-electron chi connectivity index (χ4n) is 2.00. The number of benzene rings is 1. The molecule has 1 aromatic carbocycles. The van der Waals surface area contributed by atoms with Crippen LogP contribution < -0.4 is 0 Å². The van der Waals surface area contributed by atoms with Crippen molar-refractivity contribution in [3.05, 3.63) is 34.9 Å². The Hall–Kier alpha value is -1.49. The van der Waals surface area contributed by atoms with Gasteiger partial charge >= 0.3 is 5.97 Å². The quantitative estimate of drug-likeness (QED) is 0.880. The zero-order valence-electron chi connectivity index (χ0n) is 9.30. The van der Waals surface area contributed by atoms with Gasteiger partial charge in [0, 0.05) is 18.2 Å². The van der Waals surface area contributed by atoms with Gasteiger partial charge in [0.15, 0.2) is 0 Å². The first kappa shape index (κ1) is 12.0. The number of hydrogen-bond donors (Lipinski definition) is 1. The molecule has 2 rings (SSSR count). The lowest BCUT2D eigenvalue weighted by Crippen LogP contribution is -2.23. The Labute approximate surface area is 97.0 Å². The van der Waals surface area contributed by atoms with Crippen LogP contribution in [-0.2, 0) is 21.6 Å². The van der Waals surface area contributed by atoms with Crippen LogP contribution in [0.1, 0.15) is 24.0 Å². The van der Waals surface area contributed by atoms with Crippen molar-refractivity contribution in [2.24, 2.45) is 0 Å². The van der Waals surface area contributed by atoms with Gasteiger partial charge in [-0.15, -0.1) is 0 Å². The van der Waals surface area contributed by atoms with Crippen molar-refractivity contribution in [1.29, 1.82) is 0 Å².